The number of imidazole rings is 1. The van der Waals surface area contributed by atoms with E-state index in [-0.39, 0.29) is 18.5 Å². The zero-order chi connectivity index (χ0) is 16.4. The smallest absolute Gasteiger partial charge is 0.138 e. The third kappa shape index (κ3) is 3.18. The average Bonchev–Trinajstić information content (AvgIpc) is 3.25. The molecule has 1 atom stereocenters. The first kappa shape index (κ1) is 15.3. The maximum atomic E-state index is 14.3. The lowest BCUT2D eigenvalue weighted by Gasteiger charge is -2.11. The van der Waals surface area contributed by atoms with E-state index in [9.17, 15) is 4.39 Å². The molecule has 1 unspecified atom stereocenters. The summed E-state index contributed by atoms with van der Waals surface area (Å²) in [5.41, 5.74) is 3.09. The molecule has 124 valence electrons. The fraction of sp³-hybridized carbons (Fsp3) is 0.316. The molecule has 0 radical (unpaired) electrons. The van der Waals surface area contributed by atoms with Crippen LogP contribution in [0.1, 0.15) is 18.4 Å². The minimum absolute atomic E-state index is 0.155. The Morgan fingerprint density at radius 3 is 2.96 bits per heavy atom. The third-order valence-electron chi connectivity index (χ3n) is 4.30. The van der Waals surface area contributed by atoms with Gasteiger partial charge in [0.05, 0.1) is 30.4 Å². The summed E-state index contributed by atoms with van der Waals surface area (Å²) < 4.78 is 25.4. The predicted octanol–water partition coefficient (Wildman–Crippen LogP) is 4.06. The summed E-state index contributed by atoms with van der Waals surface area (Å²) in [6.45, 7) is 1.57. The molecule has 1 aliphatic heterocycles. The van der Waals surface area contributed by atoms with Crippen molar-refractivity contribution >= 4 is 11.0 Å². The highest BCUT2D eigenvalue weighted by Crippen LogP contribution is 2.23. The number of aromatic nitrogens is 2. The minimum atomic E-state index is -0.278. The summed E-state index contributed by atoms with van der Waals surface area (Å²) in [5.74, 6) is 0.391. The number of hydrogen-bond donors (Lipinski definition) is 1. The van der Waals surface area contributed by atoms with Crippen molar-refractivity contribution in [3.63, 3.8) is 0 Å². The van der Waals surface area contributed by atoms with Crippen LogP contribution in [0.3, 0.4) is 0 Å². The first-order valence-electron chi connectivity index (χ1n) is 8.22. The van der Waals surface area contributed by atoms with Crippen LogP contribution in [0.2, 0.25) is 0 Å². The minimum Gasteiger partial charge on any atom is -0.376 e. The van der Waals surface area contributed by atoms with Gasteiger partial charge in [-0.15, -0.1) is 0 Å². The summed E-state index contributed by atoms with van der Waals surface area (Å²) >= 11 is 0. The molecule has 0 spiro atoms. The van der Waals surface area contributed by atoms with Crippen molar-refractivity contribution in [1.82, 2.24) is 9.97 Å². The first-order chi connectivity index (χ1) is 11.8. The van der Waals surface area contributed by atoms with Gasteiger partial charge in [-0.2, -0.15) is 0 Å². The first-order valence-corrected chi connectivity index (χ1v) is 8.22. The van der Waals surface area contributed by atoms with Gasteiger partial charge in [0.2, 0.25) is 0 Å². The Morgan fingerprint density at radius 2 is 2.17 bits per heavy atom. The Labute approximate surface area is 139 Å². The number of nitrogens with zero attached hydrogens (tertiary/aromatic N) is 1. The Morgan fingerprint density at radius 1 is 1.25 bits per heavy atom. The number of ether oxygens (including phenoxy) is 2. The third-order valence-corrected chi connectivity index (χ3v) is 4.30. The monoisotopic (exact) mass is 326 g/mol. The fourth-order valence-electron chi connectivity index (χ4n) is 2.98. The molecular formula is C19H19FN2O2. The van der Waals surface area contributed by atoms with Crippen molar-refractivity contribution < 1.29 is 13.9 Å². The number of benzene rings is 2. The van der Waals surface area contributed by atoms with Gasteiger partial charge in [0.1, 0.15) is 11.6 Å². The van der Waals surface area contributed by atoms with E-state index in [2.05, 4.69) is 9.97 Å². The second-order valence-electron chi connectivity index (χ2n) is 6.06. The van der Waals surface area contributed by atoms with E-state index >= 15 is 0 Å². The SMILES string of the molecule is Fc1cc(-c2nc3ccccc3[nH]2)ccc1COCC1CCCO1. The van der Waals surface area contributed by atoms with E-state index in [0.29, 0.717) is 18.0 Å². The van der Waals surface area contributed by atoms with Gasteiger partial charge in [0.25, 0.3) is 0 Å². The second-order valence-corrected chi connectivity index (χ2v) is 6.06. The predicted molar refractivity (Wildman–Crippen MR) is 90.1 cm³/mol. The number of nitrogens with one attached hydrogen (secondary N) is 1. The molecule has 1 aromatic heterocycles. The van der Waals surface area contributed by atoms with Crippen LogP contribution in [0.25, 0.3) is 22.4 Å². The summed E-state index contributed by atoms with van der Waals surface area (Å²) in [4.78, 5) is 7.71. The van der Waals surface area contributed by atoms with Crippen molar-refractivity contribution in [3.8, 4) is 11.4 Å². The van der Waals surface area contributed by atoms with E-state index in [4.69, 9.17) is 9.47 Å². The van der Waals surface area contributed by atoms with Crippen molar-refractivity contribution in [3.05, 3.63) is 53.8 Å². The van der Waals surface area contributed by atoms with Crippen LogP contribution in [-0.2, 0) is 16.1 Å². The highest BCUT2D eigenvalue weighted by Gasteiger charge is 2.16. The van der Waals surface area contributed by atoms with Crippen LogP contribution in [0.4, 0.5) is 4.39 Å². The lowest BCUT2D eigenvalue weighted by atomic mass is 10.1. The Balaban J connectivity index is 1.46. The summed E-state index contributed by atoms with van der Waals surface area (Å²) in [6.07, 6.45) is 2.25. The van der Waals surface area contributed by atoms with Gasteiger partial charge in [0, 0.05) is 17.7 Å². The molecule has 2 aromatic carbocycles. The van der Waals surface area contributed by atoms with E-state index in [1.165, 1.54) is 6.07 Å². The molecule has 1 saturated heterocycles. The quantitative estimate of drug-likeness (QED) is 0.769. The number of para-hydroxylation sites is 2. The molecular weight excluding hydrogens is 307 g/mol. The zero-order valence-electron chi connectivity index (χ0n) is 13.3. The van der Waals surface area contributed by atoms with Gasteiger partial charge in [0.15, 0.2) is 0 Å². The molecule has 1 aliphatic rings. The van der Waals surface area contributed by atoms with Gasteiger partial charge in [-0.1, -0.05) is 24.3 Å². The van der Waals surface area contributed by atoms with Crippen molar-refractivity contribution in [2.75, 3.05) is 13.2 Å². The highest BCUT2D eigenvalue weighted by atomic mass is 19.1. The Bertz CT molecular complexity index is 807. The number of hydrogen-bond acceptors (Lipinski definition) is 3. The van der Waals surface area contributed by atoms with Crippen LogP contribution in [-0.4, -0.2) is 29.3 Å². The zero-order valence-corrected chi connectivity index (χ0v) is 13.3. The van der Waals surface area contributed by atoms with Crippen LogP contribution in [0.15, 0.2) is 42.5 Å². The molecule has 3 aromatic rings. The molecule has 4 nitrogen and oxygen atoms in total. The van der Waals surface area contributed by atoms with Gasteiger partial charge >= 0.3 is 0 Å². The van der Waals surface area contributed by atoms with Crippen molar-refractivity contribution in [1.29, 1.82) is 0 Å². The molecule has 24 heavy (non-hydrogen) atoms. The molecule has 1 fully saturated rings. The Kier molecular flexibility index (Phi) is 4.28. The maximum Gasteiger partial charge on any atom is 0.138 e. The molecule has 1 N–H and O–H groups in total. The fourth-order valence-corrected chi connectivity index (χ4v) is 2.98. The number of rotatable bonds is 5. The van der Waals surface area contributed by atoms with E-state index in [1.807, 2.05) is 30.3 Å². The molecule has 0 saturated carbocycles. The highest BCUT2D eigenvalue weighted by molar-refractivity contribution is 5.79. The van der Waals surface area contributed by atoms with Gasteiger partial charge < -0.3 is 14.5 Å². The summed E-state index contributed by atoms with van der Waals surface area (Å²) in [7, 11) is 0. The molecule has 0 aliphatic carbocycles. The summed E-state index contributed by atoms with van der Waals surface area (Å²) in [5, 5.41) is 0. The lowest BCUT2D eigenvalue weighted by Crippen LogP contribution is -2.14. The van der Waals surface area contributed by atoms with Gasteiger partial charge in [-0.3, -0.25) is 0 Å². The molecule has 0 amide bonds. The molecule has 2 heterocycles. The van der Waals surface area contributed by atoms with Crippen LogP contribution < -0.4 is 0 Å². The summed E-state index contributed by atoms with van der Waals surface area (Å²) in [6, 6.07) is 12.9. The number of H-pyrrole nitrogens is 1. The van der Waals surface area contributed by atoms with Gasteiger partial charge in [-0.25, -0.2) is 9.37 Å². The lowest BCUT2D eigenvalue weighted by molar-refractivity contribution is 0.00983. The Hall–Kier alpha value is -2.24. The molecule has 0 bridgehead atoms. The average molecular weight is 326 g/mol. The normalized spacial score (nSPS) is 17.6. The topological polar surface area (TPSA) is 47.1 Å². The number of fused-ring (bicyclic) bond motifs is 1. The number of aromatic amines is 1. The number of halogens is 1. The van der Waals surface area contributed by atoms with E-state index in [1.54, 1.807) is 6.07 Å². The standard InChI is InChI=1S/C19H19FN2O2/c20-16-10-13(19-21-17-5-1-2-6-18(17)22-19)7-8-14(16)11-23-12-15-4-3-9-24-15/h1-2,5-8,10,15H,3-4,9,11-12H2,(H,21,22). The largest absolute Gasteiger partial charge is 0.376 e. The maximum absolute atomic E-state index is 14.3. The van der Waals surface area contributed by atoms with Crippen LogP contribution in [0, 0.1) is 5.82 Å². The van der Waals surface area contributed by atoms with Gasteiger partial charge in [-0.05, 0) is 31.0 Å². The molecule has 5 heteroatoms. The second kappa shape index (κ2) is 6.71. The van der Waals surface area contributed by atoms with Crippen molar-refractivity contribution in [2.45, 2.75) is 25.6 Å². The van der Waals surface area contributed by atoms with Crippen molar-refractivity contribution in [2.24, 2.45) is 0 Å². The molecule has 4 rings (SSSR count). The van der Waals surface area contributed by atoms with Crippen LogP contribution >= 0.6 is 0 Å². The van der Waals surface area contributed by atoms with E-state index < -0.39 is 0 Å². The van der Waals surface area contributed by atoms with E-state index in [0.717, 1.165) is 36.0 Å². The van der Waals surface area contributed by atoms with Crippen LogP contribution in [0.5, 0.6) is 0 Å².